The molecule has 0 saturated carbocycles. The molecule has 1 heterocycles. The third kappa shape index (κ3) is 3.41. The minimum absolute atomic E-state index is 0.107. The van der Waals surface area contributed by atoms with Gasteiger partial charge in [-0.25, -0.2) is 4.39 Å². The number of halogens is 2. The Morgan fingerprint density at radius 3 is 2.76 bits per heavy atom. The van der Waals surface area contributed by atoms with Gasteiger partial charge in [-0.2, -0.15) is 0 Å². The van der Waals surface area contributed by atoms with Crippen molar-refractivity contribution in [3.05, 3.63) is 34.1 Å². The zero-order valence-electron chi connectivity index (χ0n) is 10.1. The van der Waals surface area contributed by atoms with Gasteiger partial charge in [0.25, 0.3) is 0 Å². The highest BCUT2D eigenvalue weighted by molar-refractivity contribution is 6.30. The molecule has 0 aliphatic carbocycles. The van der Waals surface area contributed by atoms with Crippen molar-refractivity contribution in [3.8, 4) is 0 Å². The van der Waals surface area contributed by atoms with E-state index < -0.39 is 0 Å². The van der Waals surface area contributed by atoms with Crippen LogP contribution in [0.3, 0.4) is 0 Å². The summed E-state index contributed by atoms with van der Waals surface area (Å²) in [5.74, 6) is -0.107. The average Bonchev–Trinajstić information content (AvgIpc) is 2.33. The van der Waals surface area contributed by atoms with Crippen LogP contribution in [0.4, 0.5) is 4.39 Å². The first-order valence-electron chi connectivity index (χ1n) is 6.04. The van der Waals surface area contributed by atoms with E-state index in [1.807, 2.05) is 0 Å². The Bertz CT molecular complexity index is 389. The molecule has 2 nitrogen and oxygen atoms in total. The van der Waals surface area contributed by atoms with Gasteiger partial charge in [0, 0.05) is 37.7 Å². The quantitative estimate of drug-likeness (QED) is 0.892. The Hall–Kier alpha value is -0.640. The summed E-state index contributed by atoms with van der Waals surface area (Å²) in [6.45, 7) is 6.80. The molecule has 0 bridgehead atoms. The lowest BCUT2D eigenvalue weighted by Gasteiger charge is -2.27. The van der Waals surface area contributed by atoms with Crippen molar-refractivity contribution >= 4 is 11.6 Å². The Morgan fingerprint density at radius 1 is 1.35 bits per heavy atom. The molecular formula is C13H18ClFN2. The van der Waals surface area contributed by atoms with Gasteiger partial charge in [0.15, 0.2) is 0 Å². The number of rotatable bonds is 3. The summed E-state index contributed by atoms with van der Waals surface area (Å²) < 4.78 is 13.8. The van der Waals surface area contributed by atoms with Crippen LogP contribution in [0.5, 0.6) is 0 Å². The van der Waals surface area contributed by atoms with Crippen LogP contribution >= 0.6 is 11.6 Å². The third-order valence-electron chi connectivity index (χ3n) is 3.20. The van der Waals surface area contributed by atoms with E-state index >= 15 is 0 Å². The van der Waals surface area contributed by atoms with Gasteiger partial charge in [0.1, 0.15) is 5.82 Å². The molecule has 1 fully saturated rings. The summed E-state index contributed by atoms with van der Waals surface area (Å²) in [5.41, 5.74) is 1.36. The Labute approximate surface area is 107 Å². The molecule has 17 heavy (non-hydrogen) atoms. The van der Waals surface area contributed by atoms with Crippen molar-refractivity contribution < 1.29 is 4.39 Å². The summed E-state index contributed by atoms with van der Waals surface area (Å²) in [6, 6.07) is 3.41. The fraction of sp³-hybridized carbons (Fsp3) is 0.538. The molecule has 0 unspecified atom stereocenters. The Kier molecular flexibility index (Phi) is 4.37. The number of nitrogens with zero attached hydrogens (tertiary/aromatic N) is 1. The molecule has 1 aromatic rings. The highest BCUT2D eigenvalue weighted by Gasteiger charge is 2.12. The van der Waals surface area contributed by atoms with Gasteiger partial charge in [-0.3, -0.25) is 0 Å². The van der Waals surface area contributed by atoms with E-state index in [4.69, 9.17) is 11.6 Å². The van der Waals surface area contributed by atoms with Crippen molar-refractivity contribution in [1.29, 1.82) is 0 Å². The second-order valence-electron chi connectivity index (χ2n) is 4.54. The average molecular weight is 257 g/mol. The fourth-order valence-electron chi connectivity index (χ4n) is 2.19. The summed E-state index contributed by atoms with van der Waals surface area (Å²) in [7, 11) is 0. The molecule has 0 atom stereocenters. The molecule has 1 aromatic carbocycles. The predicted molar refractivity (Wildman–Crippen MR) is 69.2 cm³/mol. The summed E-state index contributed by atoms with van der Waals surface area (Å²) in [4.78, 5) is 2.35. The third-order valence-corrected chi connectivity index (χ3v) is 3.42. The summed E-state index contributed by atoms with van der Waals surface area (Å²) in [5, 5.41) is 3.93. The molecule has 1 aliphatic heterocycles. The lowest BCUT2D eigenvalue weighted by atomic mass is 10.1. The van der Waals surface area contributed by atoms with E-state index in [0.717, 1.165) is 44.7 Å². The van der Waals surface area contributed by atoms with Gasteiger partial charge in [0.2, 0.25) is 0 Å². The summed E-state index contributed by atoms with van der Waals surface area (Å²) in [6.07, 6.45) is 0.729. The number of piperazine rings is 1. The van der Waals surface area contributed by atoms with E-state index in [-0.39, 0.29) is 5.82 Å². The maximum atomic E-state index is 13.8. The SMILES string of the molecule is Cc1cc(Cl)cc(CCN2CCNCC2)c1F. The zero-order valence-corrected chi connectivity index (χ0v) is 10.9. The first-order valence-corrected chi connectivity index (χ1v) is 6.42. The number of hydrogen-bond acceptors (Lipinski definition) is 2. The minimum atomic E-state index is -0.107. The molecule has 0 amide bonds. The largest absolute Gasteiger partial charge is 0.314 e. The second kappa shape index (κ2) is 5.80. The van der Waals surface area contributed by atoms with E-state index in [0.29, 0.717) is 10.6 Å². The highest BCUT2D eigenvalue weighted by Crippen LogP contribution is 2.19. The number of aryl methyl sites for hydroxylation is 1. The van der Waals surface area contributed by atoms with Gasteiger partial charge in [0.05, 0.1) is 0 Å². The molecule has 1 aliphatic rings. The second-order valence-corrected chi connectivity index (χ2v) is 4.97. The predicted octanol–water partition coefficient (Wildman–Crippen LogP) is 2.24. The van der Waals surface area contributed by atoms with Gasteiger partial charge in [-0.1, -0.05) is 11.6 Å². The van der Waals surface area contributed by atoms with Gasteiger partial charge in [-0.15, -0.1) is 0 Å². The zero-order chi connectivity index (χ0) is 12.3. The highest BCUT2D eigenvalue weighted by atomic mass is 35.5. The molecule has 1 N–H and O–H groups in total. The molecule has 2 rings (SSSR count). The smallest absolute Gasteiger partial charge is 0.129 e. The van der Waals surface area contributed by atoms with E-state index in [2.05, 4.69) is 10.2 Å². The van der Waals surface area contributed by atoms with Crippen molar-refractivity contribution in [2.24, 2.45) is 0 Å². The summed E-state index contributed by atoms with van der Waals surface area (Å²) >= 11 is 5.95. The molecule has 0 spiro atoms. The Morgan fingerprint density at radius 2 is 2.06 bits per heavy atom. The number of benzene rings is 1. The lowest BCUT2D eigenvalue weighted by molar-refractivity contribution is 0.243. The standard InChI is InChI=1S/C13H18ClFN2/c1-10-8-12(14)9-11(13(10)15)2-5-17-6-3-16-4-7-17/h8-9,16H,2-7H2,1H3. The number of nitrogens with one attached hydrogen (secondary N) is 1. The van der Waals surface area contributed by atoms with Crippen LogP contribution in [0.1, 0.15) is 11.1 Å². The normalized spacial score (nSPS) is 17.4. The van der Waals surface area contributed by atoms with Crippen molar-refractivity contribution in [2.45, 2.75) is 13.3 Å². The van der Waals surface area contributed by atoms with Gasteiger partial charge in [-0.05, 0) is 36.6 Å². The van der Waals surface area contributed by atoms with Crippen LogP contribution in [-0.2, 0) is 6.42 Å². The van der Waals surface area contributed by atoms with Crippen LogP contribution in [-0.4, -0.2) is 37.6 Å². The molecule has 0 radical (unpaired) electrons. The fourth-order valence-corrected chi connectivity index (χ4v) is 2.49. The molecule has 1 saturated heterocycles. The van der Waals surface area contributed by atoms with Crippen molar-refractivity contribution in [1.82, 2.24) is 10.2 Å². The van der Waals surface area contributed by atoms with Gasteiger partial charge < -0.3 is 10.2 Å². The maximum Gasteiger partial charge on any atom is 0.129 e. The number of hydrogen-bond donors (Lipinski definition) is 1. The Balaban J connectivity index is 1.98. The molecule has 94 valence electrons. The first kappa shape index (κ1) is 12.8. The monoisotopic (exact) mass is 256 g/mol. The van der Waals surface area contributed by atoms with E-state index in [1.165, 1.54) is 0 Å². The molecule has 4 heteroatoms. The van der Waals surface area contributed by atoms with Crippen molar-refractivity contribution in [3.63, 3.8) is 0 Å². The van der Waals surface area contributed by atoms with Crippen LogP contribution in [0.2, 0.25) is 5.02 Å². The van der Waals surface area contributed by atoms with Crippen LogP contribution < -0.4 is 5.32 Å². The molecular weight excluding hydrogens is 239 g/mol. The topological polar surface area (TPSA) is 15.3 Å². The maximum absolute atomic E-state index is 13.8. The molecule has 0 aromatic heterocycles. The van der Waals surface area contributed by atoms with Gasteiger partial charge >= 0.3 is 0 Å². The van der Waals surface area contributed by atoms with Crippen LogP contribution in [0.25, 0.3) is 0 Å². The first-order chi connectivity index (χ1) is 8.16. The lowest BCUT2D eigenvalue weighted by Crippen LogP contribution is -2.44. The van der Waals surface area contributed by atoms with E-state index in [1.54, 1.807) is 19.1 Å². The van der Waals surface area contributed by atoms with Crippen LogP contribution in [0, 0.1) is 12.7 Å². The van der Waals surface area contributed by atoms with Crippen molar-refractivity contribution in [2.75, 3.05) is 32.7 Å². The minimum Gasteiger partial charge on any atom is -0.314 e. The van der Waals surface area contributed by atoms with Crippen LogP contribution in [0.15, 0.2) is 12.1 Å². The van der Waals surface area contributed by atoms with E-state index in [9.17, 15) is 4.39 Å².